The van der Waals surface area contributed by atoms with Gasteiger partial charge in [0.1, 0.15) is 5.82 Å². The first-order valence-electron chi connectivity index (χ1n) is 9.10. The van der Waals surface area contributed by atoms with Crippen LogP contribution in [-0.2, 0) is 16.7 Å². The number of methoxy groups -OCH3 is 1. The molecule has 2 aromatic carbocycles. The second-order valence-electron chi connectivity index (χ2n) is 6.90. The highest BCUT2D eigenvalue weighted by atomic mass is 35.5. The molecular weight excluding hydrogens is 429 g/mol. The number of nitrogen functional groups attached to an aromatic ring is 1. The number of benzene rings is 2. The summed E-state index contributed by atoms with van der Waals surface area (Å²) in [4.78, 5) is 10.9. The molecule has 0 aromatic heterocycles. The third-order valence-corrected chi connectivity index (χ3v) is 4.99. The van der Waals surface area contributed by atoms with Gasteiger partial charge in [0, 0.05) is 13.7 Å². The number of hydrogen-bond donors (Lipinski definition) is 5. The maximum atomic E-state index is 13.6. The van der Waals surface area contributed by atoms with Crippen molar-refractivity contribution in [1.82, 2.24) is 10.6 Å². The molecule has 0 unspecified atom stereocenters. The second-order valence-corrected chi connectivity index (χ2v) is 7.71. The summed E-state index contributed by atoms with van der Waals surface area (Å²) in [5.74, 6) is -0.507. The fourth-order valence-corrected chi connectivity index (χ4v) is 3.52. The summed E-state index contributed by atoms with van der Waals surface area (Å²) in [6, 6.07) is 9.27. The van der Waals surface area contributed by atoms with Crippen molar-refractivity contribution < 1.29 is 13.9 Å². The first-order chi connectivity index (χ1) is 14.2. The predicted octanol–water partition coefficient (Wildman–Crippen LogP) is 3.12. The van der Waals surface area contributed by atoms with Gasteiger partial charge in [0.2, 0.25) is 0 Å². The fourth-order valence-electron chi connectivity index (χ4n) is 3.02. The number of amides is 2. The van der Waals surface area contributed by atoms with Crippen molar-refractivity contribution >= 4 is 46.3 Å². The van der Waals surface area contributed by atoms with Crippen LogP contribution in [0.2, 0.25) is 5.02 Å². The minimum Gasteiger partial charge on any atom is -0.397 e. The average molecular weight is 454 g/mol. The molecule has 0 aliphatic rings. The van der Waals surface area contributed by atoms with Crippen LogP contribution in [0.3, 0.4) is 0 Å². The summed E-state index contributed by atoms with van der Waals surface area (Å²) < 4.78 is 18.9. The molecule has 2 aromatic rings. The molecule has 0 bridgehead atoms. The normalized spacial score (nSPS) is 12.7. The molecule has 2 amide bonds. The van der Waals surface area contributed by atoms with Gasteiger partial charge in [0.15, 0.2) is 5.11 Å². The van der Waals surface area contributed by atoms with Crippen molar-refractivity contribution in [2.24, 2.45) is 5.73 Å². The number of nitrogens with two attached hydrogens (primary N) is 2. The molecule has 0 fully saturated rings. The Morgan fingerprint density at radius 2 is 2.07 bits per heavy atom. The van der Waals surface area contributed by atoms with E-state index in [1.807, 2.05) is 19.1 Å². The van der Waals surface area contributed by atoms with E-state index in [-0.39, 0.29) is 16.7 Å². The maximum Gasteiger partial charge on any atom is 0.312 e. The van der Waals surface area contributed by atoms with Crippen molar-refractivity contribution in [3.05, 3.63) is 58.4 Å². The van der Waals surface area contributed by atoms with Crippen molar-refractivity contribution in [2.45, 2.75) is 18.9 Å². The fraction of sp³-hybridized carbons (Fsp3) is 0.300. The highest BCUT2D eigenvalue weighted by Gasteiger charge is 2.28. The first kappa shape index (κ1) is 23.7. The average Bonchev–Trinajstić information content (AvgIpc) is 2.66. The van der Waals surface area contributed by atoms with E-state index in [0.717, 1.165) is 5.56 Å². The Balaban J connectivity index is 2.21. The number of ether oxygens (including phenoxy) is 1. The molecule has 1 atom stereocenters. The zero-order chi connectivity index (χ0) is 22.3. The van der Waals surface area contributed by atoms with Crippen molar-refractivity contribution in [1.29, 1.82) is 0 Å². The first-order valence-corrected chi connectivity index (χ1v) is 9.89. The second kappa shape index (κ2) is 10.4. The van der Waals surface area contributed by atoms with Gasteiger partial charge in [-0.25, -0.2) is 9.18 Å². The van der Waals surface area contributed by atoms with Gasteiger partial charge >= 0.3 is 6.03 Å². The number of carbonyl (C=O) groups is 1. The molecule has 0 saturated carbocycles. The van der Waals surface area contributed by atoms with Crippen LogP contribution in [0.5, 0.6) is 0 Å². The number of hydrogen-bond acceptors (Lipinski definition) is 4. The Labute approximate surface area is 185 Å². The van der Waals surface area contributed by atoms with Crippen LogP contribution < -0.4 is 27.4 Å². The third-order valence-electron chi connectivity index (χ3n) is 4.49. The lowest BCUT2D eigenvalue weighted by Gasteiger charge is -2.32. The SMILES string of the molecule is COC[C@@](C)(NC(=S)Nc1c(N)cccc1CCNC(N)=O)c1ccc(F)c(Cl)c1. The quantitative estimate of drug-likeness (QED) is 0.310. The zero-order valence-corrected chi connectivity index (χ0v) is 18.3. The lowest BCUT2D eigenvalue weighted by Crippen LogP contribution is -2.48. The molecule has 0 aliphatic heterocycles. The third kappa shape index (κ3) is 6.19. The van der Waals surface area contributed by atoms with Gasteiger partial charge < -0.3 is 32.2 Å². The Kier molecular flexibility index (Phi) is 8.22. The predicted molar refractivity (Wildman–Crippen MR) is 122 cm³/mol. The van der Waals surface area contributed by atoms with Crippen LogP contribution in [0.4, 0.5) is 20.6 Å². The molecule has 0 heterocycles. The summed E-state index contributed by atoms with van der Waals surface area (Å²) in [5, 5.41) is 9.16. The summed E-state index contributed by atoms with van der Waals surface area (Å²) in [6.07, 6.45) is 0.502. The minimum atomic E-state index is -0.784. The number of thiocarbonyl (C=S) groups is 1. The zero-order valence-electron chi connectivity index (χ0n) is 16.7. The van der Waals surface area contributed by atoms with E-state index in [1.165, 1.54) is 12.1 Å². The van der Waals surface area contributed by atoms with Crippen LogP contribution in [0.25, 0.3) is 0 Å². The summed E-state index contributed by atoms with van der Waals surface area (Å²) in [5.41, 5.74) is 13.1. The molecule has 7 nitrogen and oxygen atoms in total. The monoisotopic (exact) mass is 453 g/mol. The number of urea groups is 1. The minimum absolute atomic E-state index is 0.00652. The maximum absolute atomic E-state index is 13.6. The number of nitrogens with one attached hydrogen (secondary N) is 3. The number of primary amides is 1. The van der Waals surface area contributed by atoms with E-state index in [9.17, 15) is 9.18 Å². The summed E-state index contributed by atoms with van der Waals surface area (Å²) >= 11 is 11.5. The number of halogens is 2. The Morgan fingerprint density at radius 1 is 1.33 bits per heavy atom. The molecular formula is C20H25ClFN5O2S. The van der Waals surface area contributed by atoms with Crippen LogP contribution in [-0.4, -0.2) is 31.4 Å². The molecule has 7 N–H and O–H groups in total. The van der Waals surface area contributed by atoms with E-state index < -0.39 is 17.4 Å². The van der Waals surface area contributed by atoms with E-state index >= 15 is 0 Å². The van der Waals surface area contributed by atoms with E-state index in [1.54, 1.807) is 19.2 Å². The van der Waals surface area contributed by atoms with Crippen molar-refractivity contribution in [3.8, 4) is 0 Å². The van der Waals surface area contributed by atoms with Crippen molar-refractivity contribution in [3.63, 3.8) is 0 Å². The van der Waals surface area contributed by atoms with Crippen LogP contribution in [0, 0.1) is 5.82 Å². The molecule has 0 saturated heterocycles. The van der Waals surface area contributed by atoms with E-state index in [2.05, 4.69) is 16.0 Å². The standard InChI is InChI=1S/C20H25ClFN5O2S/c1-20(11-29-2,13-6-7-15(22)14(21)10-13)27-19(30)26-17-12(4-3-5-16(17)23)8-9-25-18(24)28/h3-7,10H,8-9,11,23H2,1-2H3,(H3,24,25,28)(H2,26,27,30)/t20-/m1/s1. The van der Waals surface area contributed by atoms with Gasteiger partial charge in [-0.15, -0.1) is 0 Å². The molecule has 0 radical (unpaired) electrons. The molecule has 0 aliphatic carbocycles. The molecule has 10 heteroatoms. The Morgan fingerprint density at radius 3 is 2.70 bits per heavy atom. The van der Waals surface area contributed by atoms with Gasteiger partial charge in [-0.05, 0) is 54.9 Å². The topological polar surface area (TPSA) is 114 Å². The smallest absolute Gasteiger partial charge is 0.312 e. The number of rotatable bonds is 8. The number of para-hydroxylation sites is 1. The summed E-state index contributed by atoms with van der Waals surface area (Å²) in [6.45, 7) is 2.46. The highest BCUT2D eigenvalue weighted by molar-refractivity contribution is 7.80. The van der Waals surface area contributed by atoms with Crippen LogP contribution in [0.15, 0.2) is 36.4 Å². The van der Waals surface area contributed by atoms with Gasteiger partial charge in [0.05, 0.1) is 28.5 Å². The van der Waals surface area contributed by atoms with Crippen molar-refractivity contribution in [2.75, 3.05) is 31.3 Å². The molecule has 30 heavy (non-hydrogen) atoms. The van der Waals surface area contributed by atoms with E-state index in [0.29, 0.717) is 29.9 Å². The lowest BCUT2D eigenvalue weighted by molar-refractivity contribution is 0.130. The number of carbonyl (C=O) groups excluding carboxylic acids is 1. The van der Waals surface area contributed by atoms with Gasteiger partial charge in [0.25, 0.3) is 0 Å². The van der Waals surface area contributed by atoms with Gasteiger partial charge in [-0.2, -0.15) is 0 Å². The highest BCUT2D eigenvalue weighted by Crippen LogP contribution is 2.28. The molecule has 2 rings (SSSR count). The van der Waals surface area contributed by atoms with Gasteiger partial charge in [-0.1, -0.05) is 29.8 Å². The summed E-state index contributed by atoms with van der Waals surface area (Å²) in [7, 11) is 1.56. The largest absolute Gasteiger partial charge is 0.397 e. The van der Waals surface area contributed by atoms with E-state index in [4.69, 9.17) is 40.0 Å². The van der Waals surface area contributed by atoms with Crippen LogP contribution >= 0.6 is 23.8 Å². The lowest BCUT2D eigenvalue weighted by atomic mass is 9.93. The number of anilines is 2. The van der Waals surface area contributed by atoms with Crippen LogP contribution in [0.1, 0.15) is 18.1 Å². The molecule has 162 valence electrons. The Hall–Kier alpha value is -2.62. The Bertz CT molecular complexity index is 930. The van der Waals surface area contributed by atoms with Gasteiger partial charge in [-0.3, -0.25) is 0 Å². The molecule has 0 spiro atoms.